The highest BCUT2D eigenvalue weighted by molar-refractivity contribution is 5.98. The van der Waals surface area contributed by atoms with Crippen LogP contribution in [0.3, 0.4) is 0 Å². The summed E-state index contributed by atoms with van der Waals surface area (Å²) in [5.41, 5.74) is -3.57. The van der Waals surface area contributed by atoms with E-state index in [9.17, 15) is 22.8 Å². The minimum absolute atomic E-state index is 0.0366. The van der Waals surface area contributed by atoms with Gasteiger partial charge in [-0.3, -0.25) is 4.79 Å². The lowest BCUT2D eigenvalue weighted by Gasteiger charge is -2.33. The molecule has 1 aromatic rings. The molecule has 23 heavy (non-hydrogen) atoms. The number of rotatable bonds is 7. The third kappa shape index (κ3) is 4.44. The zero-order chi connectivity index (χ0) is 17.5. The van der Waals surface area contributed by atoms with Crippen LogP contribution in [0.4, 0.5) is 13.2 Å². The van der Waals surface area contributed by atoms with Crippen molar-refractivity contribution in [3.05, 3.63) is 35.9 Å². The zero-order valence-electron chi connectivity index (χ0n) is 12.8. The first-order chi connectivity index (χ1) is 10.8. The van der Waals surface area contributed by atoms with Crippen LogP contribution in [0.25, 0.3) is 0 Å². The minimum atomic E-state index is -5.18. The summed E-state index contributed by atoms with van der Waals surface area (Å²) in [5.74, 6) is -2.79. The van der Waals surface area contributed by atoms with Gasteiger partial charge in [0.25, 0.3) is 5.91 Å². The lowest BCUT2D eigenvalue weighted by Crippen LogP contribution is -2.66. The van der Waals surface area contributed by atoms with E-state index in [4.69, 9.17) is 4.74 Å². The van der Waals surface area contributed by atoms with E-state index in [1.165, 1.54) is 31.2 Å². The van der Waals surface area contributed by atoms with Gasteiger partial charge in [0.2, 0.25) is 0 Å². The molecule has 1 rings (SSSR count). The van der Waals surface area contributed by atoms with Crippen molar-refractivity contribution in [1.82, 2.24) is 5.32 Å². The summed E-state index contributed by atoms with van der Waals surface area (Å²) >= 11 is 0. The molecule has 0 aromatic heterocycles. The van der Waals surface area contributed by atoms with Crippen LogP contribution in [0.2, 0.25) is 0 Å². The molecule has 0 spiro atoms. The van der Waals surface area contributed by atoms with Crippen LogP contribution in [0.5, 0.6) is 0 Å². The third-order valence-electron chi connectivity index (χ3n) is 2.81. The van der Waals surface area contributed by atoms with Crippen LogP contribution >= 0.6 is 0 Å². The molecule has 1 amide bonds. The second kappa shape index (κ2) is 7.96. The predicted molar refractivity (Wildman–Crippen MR) is 75.6 cm³/mol. The first kappa shape index (κ1) is 19.0. The number of ether oxygens (including phenoxy) is 2. The standard InChI is InChI=1S/C15H18F3NO4/c1-3-10-23-14(15(16,17)18,13(21)22-4-2)19-12(20)11-8-6-5-7-9-11/h5-9H,3-4,10H2,1-2H3,(H,19,20). The Morgan fingerprint density at radius 2 is 1.74 bits per heavy atom. The third-order valence-corrected chi connectivity index (χ3v) is 2.81. The van der Waals surface area contributed by atoms with Gasteiger partial charge in [-0.15, -0.1) is 0 Å². The number of alkyl halides is 3. The second-order valence-corrected chi connectivity index (χ2v) is 4.57. The number of carbonyl (C=O) groups excluding carboxylic acids is 2. The summed E-state index contributed by atoms with van der Waals surface area (Å²) in [4.78, 5) is 24.0. The lowest BCUT2D eigenvalue weighted by atomic mass is 10.1. The van der Waals surface area contributed by atoms with Gasteiger partial charge >= 0.3 is 17.9 Å². The predicted octanol–water partition coefficient (Wildman–Crippen LogP) is 2.66. The summed E-state index contributed by atoms with van der Waals surface area (Å²) in [6.45, 7) is 2.27. The second-order valence-electron chi connectivity index (χ2n) is 4.57. The molecule has 128 valence electrons. The fourth-order valence-electron chi connectivity index (χ4n) is 1.72. The average Bonchev–Trinajstić information content (AvgIpc) is 2.51. The van der Waals surface area contributed by atoms with Crippen molar-refractivity contribution in [3.63, 3.8) is 0 Å². The highest BCUT2D eigenvalue weighted by Crippen LogP contribution is 2.33. The van der Waals surface area contributed by atoms with Crippen LogP contribution in [-0.4, -0.2) is 37.0 Å². The Morgan fingerprint density at radius 3 is 2.22 bits per heavy atom. The van der Waals surface area contributed by atoms with Crippen molar-refractivity contribution >= 4 is 11.9 Å². The SMILES string of the molecule is CCCOC(NC(=O)c1ccccc1)(C(=O)OCC)C(F)(F)F. The van der Waals surface area contributed by atoms with E-state index >= 15 is 0 Å². The Kier molecular flexibility index (Phi) is 6.56. The van der Waals surface area contributed by atoms with E-state index in [0.717, 1.165) is 0 Å². The van der Waals surface area contributed by atoms with Gasteiger partial charge in [0, 0.05) is 5.56 Å². The molecule has 5 nitrogen and oxygen atoms in total. The van der Waals surface area contributed by atoms with Gasteiger partial charge in [0.05, 0.1) is 13.2 Å². The van der Waals surface area contributed by atoms with Crippen molar-refractivity contribution in [2.75, 3.05) is 13.2 Å². The number of esters is 1. The molecule has 0 aliphatic rings. The van der Waals surface area contributed by atoms with Gasteiger partial charge in [-0.2, -0.15) is 13.2 Å². The van der Waals surface area contributed by atoms with Crippen LogP contribution in [0.15, 0.2) is 30.3 Å². The monoisotopic (exact) mass is 333 g/mol. The quantitative estimate of drug-likeness (QED) is 0.615. The molecule has 1 N–H and O–H groups in total. The fourth-order valence-corrected chi connectivity index (χ4v) is 1.72. The van der Waals surface area contributed by atoms with Crippen molar-refractivity contribution < 1.29 is 32.2 Å². The van der Waals surface area contributed by atoms with E-state index in [0.29, 0.717) is 0 Å². The molecule has 0 heterocycles. The summed E-state index contributed by atoms with van der Waals surface area (Å²) < 4.78 is 49.7. The Morgan fingerprint density at radius 1 is 1.13 bits per heavy atom. The first-order valence-electron chi connectivity index (χ1n) is 7.04. The summed E-state index contributed by atoms with van der Waals surface area (Å²) in [7, 11) is 0. The molecule has 0 saturated carbocycles. The molecular formula is C15H18F3NO4. The van der Waals surface area contributed by atoms with Crippen LogP contribution < -0.4 is 5.32 Å². The minimum Gasteiger partial charge on any atom is -0.462 e. The van der Waals surface area contributed by atoms with Crippen LogP contribution in [-0.2, 0) is 14.3 Å². The van der Waals surface area contributed by atoms with Gasteiger partial charge in [-0.1, -0.05) is 25.1 Å². The molecule has 0 bridgehead atoms. The zero-order valence-corrected chi connectivity index (χ0v) is 12.8. The maximum absolute atomic E-state index is 13.5. The van der Waals surface area contributed by atoms with Crippen molar-refractivity contribution in [2.45, 2.75) is 32.2 Å². The van der Waals surface area contributed by atoms with E-state index < -0.39 is 23.8 Å². The van der Waals surface area contributed by atoms with Crippen LogP contribution in [0.1, 0.15) is 30.6 Å². The highest BCUT2D eigenvalue weighted by atomic mass is 19.4. The first-order valence-corrected chi connectivity index (χ1v) is 7.04. The largest absolute Gasteiger partial charge is 0.462 e. The molecule has 1 atom stereocenters. The number of halogens is 3. The van der Waals surface area contributed by atoms with Crippen molar-refractivity contribution in [2.24, 2.45) is 0 Å². The fraction of sp³-hybridized carbons (Fsp3) is 0.467. The Labute approximate surface area is 131 Å². The normalized spacial score (nSPS) is 14.0. The summed E-state index contributed by atoms with van der Waals surface area (Å²) in [6, 6.07) is 7.22. The van der Waals surface area contributed by atoms with Gasteiger partial charge in [-0.25, -0.2) is 4.79 Å². The van der Waals surface area contributed by atoms with Crippen LogP contribution in [0, 0.1) is 0 Å². The molecule has 1 unspecified atom stereocenters. The topological polar surface area (TPSA) is 64.6 Å². The number of benzene rings is 1. The van der Waals surface area contributed by atoms with E-state index in [1.54, 1.807) is 18.3 Å². The van der Waals surface area contributed by atoms with Crippen molar-refractivity contribution in [3.8, 4) is 0 Å². The number of hydrogen-bond donors (Lipinski definition) is 1. The van der Waals surface area contributed by atoms with Crippen molar-refractivity contribution in [1.29, 1.82) is 0 Å². The number of hydrogen-bond acceptors (Lipinski definition) is 4. The molecule has 0 fully saturated rings. The van der Waals surface area contributed by atoms with Gasteiger partial charge < -0.3 is 14.8 Å². The smallest absolute Gasteiger partial charge is 0.448 e. The number of nitrogens with one attached hydrogen (secondary N) is 1. The summed E-state index contributed by atoms with van der Waals surface area (Å²) in [6.07, 6.45) is -4.96. The molecular weight excluding hydrogens is 315 g/mol. The van der Waals surface area contributed by atoms with Gasteiger partial charge in [-0.05, 0) is 25.5 Å². The molecule has 0 aliphatic carbocycles. The Hall–Kier alpha value is -2.09. The molecule has 0 radical (unpaired) electrons. The Bertz CT molecular complexity index is 533. The molecule has 8 heteroatoms. The van der Waals surface area contributed by atoms with E-state index in [-0.39, 0.29) is 25.2 Å². The van der Waals surface area contributed by atoms with Gasteiger partial charge in [0.1, 0.15) is 0 Å². The van der Waals surface area contributed by atoms with E-state index in [1.807, 2.05) is 0 Å². The number of amides is 1. The highest BCUT2D eigenvalue weighted by Gasteiger charge is 2.64. The molecule has 1 aromatic carbocycles. The maximum atomic E-state index is 13.5. The number of carbonyl (C=O) groups is 2. The maximum Gasteiger partial charge on any atom is 0.448 e. The van der Waals surface area contributed by atoms with E-state index in [2.05, 4.69) is 4.74 Å². The molecule has 0 aliphatic heterocycles. The lowest BCUT2D eigenvalue weighted by molar-refractivity contribution is -0.284. The summed E-state index contributed by atoms with van der Waals surface area (Å²) in [5, 5.41) is 1.65. The van der Waals surface area contributed by atoms with Gasteiger partial charge in [0.15, 0.2) is 0 Å². The Balaban J connectivity index is 3.20. The average molecular weight is 333 g/mol. The molecule has 0 saturated heterocycles.